The van der Waals surface area contributed by atoms with Gasteiger partial charge in [0, 0.05) is 12.1 Å². The summed E-state index contributed by atoms with van der Waals surface area (Å²) in [5.41, 5.74) is 1.94. The van der Waals surface area contributed by atoms with Gasteiger partial charge < -0.3 is 14.8 Å². The van der Waals surface area contributed by atoms with Gasteiger partial charge in [0.05, 0.1) is 6.61 Å². The Morgan fingerprint density at radius 3 is 2.84 bits per heavy atom. The normalized spacial score (nSPS) is 15.0. The van der Waals surface area contributed by atoms with Crippen LogP contribution in [0.5, 0.6) is 11.5 Å². The number of carbonyl (C=O) groups is 2. The summed E-state index contributed by atoms with van der Waals surface area (Å²) in [6, 6.07) is 4.92. The summed E-state index contributed by atoms with van der Waals surface area (Å²) in [5.74, 6) is 0.780. The van der Waals surface area contributed by atoms with E-state index in [-0.39, 0.29) is 5.91 Å². The van der Waals surface area contributed by atoms with Crippen molar-refractivity contribution in [2.45, 2.75) is 52.1 Å². The Balaban J connectivity index is 1.87. The van der Waals surface area contributed by atoms with Crippen LogP contribution in [-0.2, 0) is 4.79 Å². The van der Waals surface area contributed by atoms with Gasteiger partial charge in [-0.15, -0.1) is 0 Å². The third-order valence-electron chi connectivity index (χ3n) is 4.21. The lowest BCUT2D eigenvalue weighted by Gasteiger charge is -2.18. The minimum Gasteiger partial charge on any atom is -0.490 e. The Kier molecular flexibility index (Phi) is 7.51. The van der Waals surface area contributed by atoms with Gasteiger partial charge in [0.1, 0.15) is 6.29 Å². The van der Waals surface area contributed by atoms with E-state index in [1.165, 1.54) is 18.4 Å². The Morgan fingerprint density at radius 1 is 1.32 bits per heavy atom. The zero-order valence-electron chi connectivity index (χ0n) is 15.0. The van der Waals surface area contributed by atoms with Crippen LogP contribution in [0.25, 0.3) is 0 Å². The molecule has 0 spiro atoms. The van der Waals surface area contributed by atoms with Gasteiger partial charge in [-0.1, -0.05) is 11.6 Å². The molecular weight excluding hydrogens is 318 g/mol. The van der Waals surface area contributed by atoms with E-state index in [0.29, 0.717) is 30.2 Å². The molecule has 0 bridgehead atoms. The predicted octanol–water partition coefficient (Wildman–Crippen LogP) is 3.67. The molecule has 1 aromatic rings. The summed E-state index contributed by atoms with van der Waals surface area (Å²) >= 11 is 0. The largest absolute Gasteiger partial charge is 0.490 e. The molecule has 25 heavy (non-hydrogen) atoms. The highest BCUT2D eigenvalue weighted by Crippen LogP contribution is 2.29. The molecule has 0 saturated carbocycles. The molecule has 0 saturated heterocycles. The molecule has 0 aliphatic heterocycles. The van der Waals surface area contributed by atoms with Crippen LogP contribution in [0.1, 0.15) is 56.3 Å². The number of amides is 1. The minimum atomic E-state index is -0.637. The summed E-state index contributed by atoms with van der Waals surface area (Å²) in [5, 5.41) is 2.92. The molecule has 1 atom stereocenters. The van der Waals surface area contributed by atoms with Crippen LogP contribution < -0.4 is 14.8 Å². The number of rotatable bonds is 9. The van der Waals surface area contributed by atoms with Crippen molar-refractivity contribution >= 4 is 12.2 Å². The Labute approximate surface area is 149 Å². The molecule has 1 aliphatic carbocycles. The lowest BCUT2D eigenvalue weighted by molar-refractivity contribution is -0.127. The zero-order valence-corrected chi connectivity index (χ0v) is 15.0. The van der Waals surface area contributed by atoms with E-state index in [2.05, 4.69) is 11.4 Å². The maximum absolute atomic E-state index is 12.2. The van der Waals surface area contributed by atoms with E-state index in [0.717, 1.165) is 25.5 Å². The first-order chi connectivity index (χ1) is 12.1. The van der Waals surface area contributed by atoms with Crippen LogP contribution in [0, 0.1) is 0 Å². The van der Waals surface area contributed by atoms with Gasteiger partial charge in [0.2, 0.25) is 0 Å². The summed E-state index contributed by atoms with van der Waals surface area (Å²) in [7, 11) is 0. The second-order valence-electron chi connectivity index (χ2n) is 6.17. The minimum absolute atomic E-state index is 0.154. The molecule has 0 unspecified atom stereocenters. The van der Waals surface area contributed by atoms with Gasteiger partial charge in [-0.05, 0) is 64.2 Å². The van der Waals surface area contributed by atoms with E-state index in [1.807, 2.05) is 6.92 Å². The number of hydrogen-bond acceptors (Lipinski definition) is 4. The first kappa shape index (κ1) is 19.0. The average Bonchev–Trinajstić information content (AvgIpc) is 2.64. The molecule has 5 nitrogen and oxygen atoms in total. The van der Waals surface area contributed by atoms with Crippen LogP contribution >= 0.6 is 0 Å². The fourth-order valence-electron chi connectivity index (χ4n) is 2.83. The van der Waals surface area contributed by atoms with Gasteiger partial charge in [0.25, 0.3) is 5.91 Å². The average molecular weight is 345 g/mol. The smallest absolute Gasteiger partial charge is 0.260 e. The summed E-state index contributed by atoms with van der Waals surface area (Å²) in [4.78, 5) is 23.1. The lowest BCUT2D eigenvalue weighted by atomic mass is 9.97. The van der Waals surface area contributed by atoms with Gasteiger partial charge in [-0.3, -0.25) is 9.59 Å². The van der Waals surface area contributed by atoms with Crippen molar-refractivity contribution in [3.63, 3.8) is 0 Å². The summed E-state index contributed by atoms with van der Waals surface area (Å²) in [6.07, 6.45) is 8.11. The van der Waals surface area contributed by atoms with E-state index >= 15 is 0 Å². The van der Waals surface area contributed by atoms with Crippen LogP contribution in [-0.4, -0.2) is 31.4 Å². The van der Waals surface area contributed by atoms with Crippen molar-refractivity contribution in [2.75, 3.05) is 13.2 Å². The quantitative estimate of drug-likeness (QED) is 0.548. The van der Waals surface area contributed by atoms with Crippen molar-refractivity contribution in [2.24, 2.45) is 0 Å². The second-order valence-corrected chi connectivity index (χ2v) is 6.17. The molecule has 1 N–H and O–H groups in total. The molecule has 136 valence electrons. The van der Waals surface area contributed by atoms with Crippen LogP contribution in [0.15, 0.2) is 29.8 Å². The summed E-state index contributed by atoms with van der Waals surface area (Å²) < 4.78 is 11.2. The second kappa shape index (κ2) is 9.87. The Hall–Kier alpha value is -2.30. The zero-order chi connectivity index (χ0) is 18.1. The van der Waals surface area contributed by atoms with Crippen LogP contribution in [0.3, 0.4) is 0 Å². The molecule has 0 radical (unpaired) electrons. The Bertz CT molecular complexity index is 624. The van der Waals surface area contributed by atoms with Crippen molar-refractivity contribution < 1.29 is 19.1 Å². The first-order valence-corrected chi connectivity index (χ1v) is 8.98. The molecule has 0 aromatic heterocycles. The molecular formula is C20H27NO4. The fraction of sp³-hybridized carbons (Fsp3) is 0.500. The third kappa shape index (κ3) is 5.93. The molecule has 0 fully saturated rings. The fourth-order valence-corrected chi connectivity index (χ4v) is 2.83. The highest BCUT2D eigenvalue weighted by Gasteiger charge is 2.17. The third-order valence-corrected chi connectivity index (χ3v) is 4.21. The number of nitrogens with one attached hydrogen (secondary N) is 1. The van der Waals surface area contributed by atoms with Crippen molar-refractivity contribution in [3.8, 4) is 11.5 Å². The van der Waals surface area contributed by atoms with Crippen molar-refractivity contribution in [3.05, 3.63) is 35.4 Å². The van der Waals surface area contributed by atoms with E-state index in [1.54, 1.807) is 25.1 Å². The molecule has 1 aromatic carbocycles. The predicted molar refractivity (Wildman–Crippen MR) is 97.3 cm³/mol. The van der Waals surface area contributed by atoms with E-state index < -0.39 is 6.10 Å². The van der Waals surface area contributed by atoms with E-state index in [9.17, 15) is 9.59 Å². The highest BCUT2D eigenvalue weighted by molar-refractivity contribution is 5.81. The number of ether oxygens (including phenoxy) is 2. The monoisotopic (exact) mass is 345 g/mol. The molecule has 0 heterocycles. The van der Waals surface area contributed by atoms with Crippen LogP contribution in [0.2, 0.25) is 0 Å². The summed E-state index contributed by atoms with van der Waals surface area (Å²) in [6.45, 7) is 4.64. The van der Waals surface area contributed by atoms with Crippen LogP contribution in [0.4, 0.5) is 0 Å². The highest BCUT2D eigenvalue weighted by atomic mass is 16.5. The molecule has 5 heteroatoms. The first-order valence-electron chi connectivity index (χ1n) is 8.98. The number of allylic oxidation sites excluding steroid dienone is 1. The lowest BCUT2D eigenvalue weighted by Crippen LogP contribution is -2.37. The molecule has 1 amide bonds. The molecule has 2 rings (SSSR count). The standard InChI is InChI=1S/C20H27NO4/c1-3-24-19-13-17(14-22)9-10-18(19)25-15(2)20(23)21-12-11-16-7-5-4-6-8-16/h7,9-10,13-15H,3-6,8,11-12H2,1-2H3,(H,21,23)/t15-/m1/s1. The number of hydrogen-bond donors (Lipinski definition) is 1. The maximum atomic E-state index is 12.2. The van der Waals surface area contributed by atoms with Crippen molar-refractivity contribution in [1.29, 1.82) is 0 Å². The maximum Gasteiger partial charge on any atom is 0.260 e. The van der Waals surface area contributed by atoms with Crippen molar-refractivity contribution in [1.82, 2.24) is 5.32 Å². The number of carbonyl (C=O) groups excluding carboxylic acids is 2. The number of aldehydes is 1. The van der Waals surface area contributed by atoms with Gasteiger partial charge in [-0.25, -0.2) is 0 Å². The van der Waals surface area contributed by atoms with E-state index in [4.69, 9.17) is 9.47 Å². The van der Waals surface area contributed by atoms with Gasteiger partial charge >= 0.3 is 0 Å². The molecule has 1 aliphatic rings. The topological polar surface area (TPSA) is 64.6 Å². The Morgan fingerprint density at radius 2 is 2.16 bits per heavy atom. The SMILES string of the molecule is CCOc1cc(C=O)ccc1O[C@H](C)C(=O)NCCC1=CCCCC1. The van der Waals surface area contributed by atoms with Gasteiger partial charge in [0.15, 0.2) is 17.6 Å². The van der Waals surface area contributed by atoms with Gasteiger partial charge in [-0.2, -0.15) is 0 Å². The number of benzene rings is 1.